The third-order valence-electron chi connectivity index (χ3n) is 5.21. The van der Waals surface area contributed by atoms with E-state index in [0.29, 0.717) is 23.0 Å². The molecule has 7 heteroatoms. The highest BCUT2D eigenvalue weighted by molar-refractivity contribution is 6.32. The van der Waals surface area contributed by atoms with Crippen molar-refractivity contribution >= 4 is 34.8 Å². The van der Waals surface area contributed by atoms with Gasteiger partial charge in [-0.1, -0.05) is 29.8 Å². The molecule has 0 unspecified atom stereocenters. The monoisotopic (exact) mass is 415 g/mol. The zero-order valence-corrected chi connectivity index (χ0v) is 17.4. The summed E-state index contributed by atoms with van der Waals surface area (Å²) in [5, 5.41) is 6.30. The highest BCUT2D eigenvalue weighted by Gasteiger charge is 2.31. The highest BCUT2D eigenvalue weighted by atomic mass is 35.5. The molecular weight excluding hydrogens is 390 g/mol. The molecule has 1 saturated heterocycles. The number of hydrogen-bond acceptors (Lipinski definition) is 4. The van der Waals surface area contributed by atoms with Crippen molar-refractivity contribution in [2.24, 2.45) is 5.92 Å². The van der Waals surface area contributed by atoms with Crippen molar-refractivity contribution in [1.82, 2.24) is 4.90 Å². The first-order valence-electron chi connectivity index (χ1n) is 9.72. The van der Waals surface area contributed by atoms with Crippen LogP contribution in [-0.2, 0) is 9.59 Å². The SMILES string of the molecule is COc1ccc(NC(=O)[C@@H](C)N2CCC[C@H](C(=O)Nc3ccccc3)C2)cc1Cl. The molecule has 154 valence electrons. The summed E-state index contributed by atoms with van der Waals surface area (Å²) in [6.07, 6.45) is 1.69. The molecule has 0 bridgehead atoms. The van der Waals surface area contributed by atoms with E-state index in [4.69, 9.17) is 16.3 Å². The van der Waals surface area contributed by atoms with Crippen LogP contribution < -0.4 is 15.4 Å². The summed E-state index contributed by atoms with van der Waals surface area (Å²) in [7, 11) is 1.54. The Kier molecular flexibility index (Phi) is 7.12. The van der Waals surface area contributed by atoms with Gasteiger partial charge in [0, 0.05) is 17.9 Å². The Hall–Kier alpha value is -2.57. The molecule has 1 aliphatic heterocycles. The second-order valence-electron chi connectivity index (χ2n) is 7.20. The van der Waals surface area contributed by atoms with Gasteiger partial charge in [-0.2, -0.15) is 0 Å². The van der Waals surface area contributed by atoms with Gasteiger partial charge in [0.25, 0.3) is 0 Å². The molecule has 2 aromatic rings. The number of likely N-dealkylation sites (tertiary alicyclic amines) is 1. The van der Waals surface area contributed by atoms with Crippen LogP contribution >= 0.6 is 11.6 Å². The molecule has 2 amide bonds. The number of carbonyl (C=O) groups excluding carboxylic acids is 2. The van der Waals surface area contributed by atoms with Crippen molar-refractivity contribution in [1.29, 1.82) is 0 Å². The third-order valence-corrected chi connectivity index (χ3v) is 5.51. The molecule has 0 radical (unpaired) electrons. The van der Waals surface area contributed by atoms with Crippen molar-refractivity contribution in [3.05, 3.63) is 53.6 Å². The van der Waals surface area contributed by atoms with Gasteiger partial charge in [-0.05, 0) is 56.6 Å². The van der Waals surface area contributed by atoms with E-state index in [1.54, 1.807) is 25.3 Å². The van der Waals surface area contributed by atoms with Gasteiger partial charge in [-0.15, -0.1) is 0 Å². The van der Waals surface area contributed by atoms with Gasteiger partial charge in [0.2, 0.25) is 11.8 Å². The van der Waals surface area contributed by atoms with Crippen molar-refractivity contribution in [2.45, 2.75) is 25.8 Å². The number of piperidine rings is 1. The van der Waals surface area contributed by atoms with E-state index in [-0.39, 0.29) is 23.8 Å². The number of ether oxygens (including phenoxy) is 1. The molecule has 6 nitrogen and oxygen atoms in total. The molecule has 0 saturated carbocycles. The van der Waals surface area contributed by atoms with Gasteiger partial charge in [0.1, 0.15) is 5.75 Å². The zero-order chi connectivity index (χ0) is 20.8. The zero-order valence-electron chi connectivity index (χ0n) is 16.7. The Labute approximate surface area is 176 Å². The molecule has 1 heterocycles. The van der Waals surface area contributed by atoms with Gasteiger partial charge >= 0.3 is 0 Å². The fourth-order valence-corrected chi connectivity index (χ4v) is 3.75. The summed E-state index contributed by atoms with van der Waals surface area (Å²) in [6.45, 7) is 3.20. The lowest BCUT2D eigenvalue weighted by Gasteiger charge is -2.35. The van der Waals surface area contributed by atoms with Crippen molar-refractivity contribution in [2.75, 3.05) is 30.8 Å². The summed E-state index contributed by atoms with van der Waals surface area (Å²) >= 11 is 6.13. The van der Waals surface area contributed by atoms with Gasteiger partial charge in [-0.25, -0.2) is 0 Å². The lowest BCUT2D eigenvalue weighted by atomic mass is 9.95. The minimum atomic E-state index is -0.358. The van der Waals surface area contributed by atoms with E-state index >= 15 is 0 Å². The highest BCUT2D eigenvalue weighted by Crippen LogP contribution is 2.27. The van der Waals surface area contributed by atoms with Gasteiger partial charge in [0.15, 0.2) is 0 Å². The summed E-state index contributed by atoms with van der Waals surface area (Å²) in [5.41, 5.74) is 1.40. The fourth-order valence-electron chi connectivity index (χ4n) is 3.49. The number of nitrogens with one attached hydrogen (secondary N) is 2. The average molecular weight is 416 g/mol. The molecule has 0 aromatic heterocycles. The van der Waals surface area contributed by atoms with Crippen molar-refractivity contribution in [3.63, 3.8) is 0 Å². The van der Waals surface area contributed by atoms with Crippen LogP contribution in [0, 0.1) is 5.92 Å². The molecule has 1 aliphatic rings. The van der Waals surface area contributed by atoms with Crippen LogP contribution in [0.2, 0.25) is 5.02 Å². The van der Waals surface area contributed by atoms with Gasteiger partial charge in [-0.3, -0.25) is 14.5 Å². The number of nitrogens with zero attached hydrogens (tertiary/aromatic N) is 1. The number of methoxy groups -OCH3 is 1. The topological polar surface area (TPSA) is 70.7 Å². The molecule has 3 rings (SSSR count). The van der Waals surface area contributed by atoms with E-state index in [2.05, 4.69) is 15.5 Å². The molecule has 2 atom stereocenters. The maximum atomic E-state index is 12.7. The Bertz CT molecular complexity index is 860. The molecule has 29 heavy (non-hydrogen) atoms. The molecule has 0 spiro atoms. The predicted octanol–water partition coefficient (Wildman–Crippen LogP) is 4.03. The summed E-state index contributed by atoms with van der Waals surface area (Å²) in [5.74, 6) is 0.279. The first-order valence-corrected chi connectivity index (χ1v) is 10.1. The minimum absolute atomic E-state index is 0.00422. The number of halogens is 1. The van der Waals surface area contributed by atoms with E-state index in [0.717, 1.165) is 25.1 Å². The van der Waals surface area contributed by atoms with Crippen molar-refractivity contribution < 1.29 is 14.3 Å². The van der Waals surface area contributed by atoms with Crippen molar-refractivity contribution in [3.8, 4) is 5.75 Å². The molecule has 2 aromatic carbocycles. The van der Waals surface area contributed by atoms with E-state index in [1.165, 1.54) is 0 Å². The normalized spacial score (nSPS) is 18.0. The number of para-hydroxylation sites is 1. The van der Waals surface area contributed by atoms with Crippen LogP contribution in [0.25, 0.3) is 0 Å². The maximum Gasteiger partial charge on any atom is 0.241 e. The van der Waals surface area contributed by atoms with E-state index < -0.39 is 0 Å². The molecule has 0 aliphatic carbocycles. The van der Waals surface area contributed by atoms with Crippen LogP contribution in [0.15, 0.2) is 48.5 Å². The fraction of sp³-hybridized carbons (Fsp3) is 0.364. The van der Waals surface area contributed by atoms with Gasteiger partial charge < -0.3 is 15.4 Å². The average Bonchev–Trinajstić information content (AvgIpc) is 2.74. The summed E-state index contributed by atoms with van der Waals surface area (Å²) in [6, 6.07) is 14.2. The molecular formula is C22H26ClN3O3. The number of rotatable bonds is 6. The Morgan fingerprint density at radius 3 is 2.59 bits per heavy atom. The maximum absolute atomic E-state index is 12.7. The minimum Gasteiger partial charge on any atom is -0.495 e. The second-order valence-corrected chi connectivity index (χ2v) is 7.61. The second kappa shape index (κ2) is 9.76. The lowest BCUT2D eigenvalue weighted by molar-refractivity contribution is -0.125. The smallest absolute Gasteiger partial charge is 0.241 e. The van der Waals surface area contributed by atoms with Crippen LogP contribution in [0.3, 0.4) is 0 Å². The Morgan fingerprint density at radius 2 is 1.90 bits per heavy atom. The van der Waals surface area contributed by atoms with Crippen LogP contribution in [0.1, 0.15) is 19.8 Å². The predicted molar refractivity (Wildman–Crippen MR) is 115 cm³/mol. The summed E-state index contributed by atoms with van der Waals surface area (Å²) < 4.78 is 5.13. The van der Waals surface area contributed by atoms with Crippen LogP contribution in [-0.4, -0.2) is 43.0 Å². The lowest BCUT2D eigenvalue weighted by Crippen LogP contribution is -2.49. The number of benzene rings is 2. The standard InChI is InChI=1S/C22H26ClN3O3/c1-15(21(27)25-18-10-11-20(29-2)19(23)13-18)26-12-6-7-16(14-26)22(28)24-17-8-4-3-5-9-17/h3-5,8-11,13,15-16H,6-7,12,14H2,1-2H3,(H,24,28)(H,25,27)/t15-,16+/m1/s1. The van der Waals surface area contributed by atoms with Gasteiger partial charge in [0.05, 0.1) is 24.1 Å². The van der Waals surface area contributed by atoms with E-state index in [9.17, 15) is 9.59 Å². The third kappa shape index (κ3) is 5.49. The Balaban J connectivity index is 1.58. The number of anilines is 2. The van der Waals surface area contributed by atoms with Crippen LogP contribution in [0.4, 0.5) is 11.4 Å². The Morgan fingerprint density at radius 1 is 1.14 bits per heavy atom. The van der Waals surface area contributed by atoms with E-state index in [1.807, 2.05) is 37.3 Å². The quantitative estimate of drug-likeness (QED) is 0.747. The largest absolute Gasteiger partial charge is 0.495 e. The molecule has 2 N–H and O–H groups in total. The first kappa shape index (κ1) is 21.1. The summed E-state index contributed by atoms with van der Waals surface area (Å²) in [4.78, 5) is 27.4. The first-order chi connectivity index (χ1) is 14.0. The molecule has 1 fully saturated rings. The number of amides is 2. The number of carbonyl (C=O) groups is 2. The number of hydrogen-bond donors (Lipinski definition) is 2. The van der Waals surface area contributed by atoms with Crippen LogP contribution in [0.5, 0.6) is 5.75 Å².